The molecule has 0 amide bonds. The maximum atomic E-state index is 12.8. The van der Waals surface area contributed by atoms with Crippen molar-refractivity contribution in [3.8, 4) is 0 Å². The number of esters is 3. The Balaban J connectivity index is 4.39. The van der Waals surface area contributed by atoms with E-state index in [-0.39, 0.29) is 31.1 Å². The van der Waals surface area contributed by atoms with E-state index in [1.54, 1.807) is 0 Å². The van der Waals surface area contributed by atoms with Crippen LogP contribution in [0.25, 0.3) is 0 Å². The fourth-order valence-electron chi connectivity index (χ4n) is 7.84. The Kier molecular flexibility index (Phi) is 50.8. The molecule has 1 atom stereocenters. The van der Waals surface area contributed by atoms with Crippen LogP contribution in [0.2, 0.25) is 0 Å². The largest absolute Gasteiger partial charge is 0.462 e. The van der Waals surface area contributed by atoms with Crippen molar-refractivity contribution in [3.05, 3.63) is 48.6 Å². The van der Waals surface area contributed by atoms with Crippen LogP contribution >= 0.6 is 0 Å². The minimum atomic E-state index is -0.782. The summed E-state index contributed by atoms with van der Waals surface area (Å²) >= 11 is 0. The van der Waals surface area contributed by atoms with E-state index in [0.29, 0.717) is 19.3 Å². The number of unbranched alkanes of at least 4 members (excludes halogenated alkanes) is 31. The zero-order valence-corrected chi connectivity index (χ0v) is 42.6. The van der Waals surface area contributed by atoms with Gasteiger partial charge in [0.1, 0.15) is 13.2 Å². The number of allylic oxidation sites excluding steroid dienone is 8. The van der Waals surface area contributed by atoms with Gasteiger partial charge in [-0.1, -0.05) is 236 Å². The Bertz CT molecular complexity index is 1120. The summed E-state index contributed by atoms with van der Waals surface area (Å²) in [5, 5.41) is 0. The van der Waals surface area contributed by atoms with E-state index >= 15 is 0 Å². The molecule has 0 saturated heterocycles. The predicted molar refractivity (Wildman–Crippen MR) is 275 cm³/mol. The first-order valence-corrected chi connectivity index (χ1v) is 27.6. The number of carbonyl (C=O) groups excluding carboxylic acids is 3. The molecule has 0 aliphatic carbocycles. The third kappa shape index (κ3) is 50.4. The number of rotatable bonds is 50. The topological polar surface area (TPSA) is 78.9 Å². The number of hydrogen-bond donors (Lipinski definition) is 0. The van der Waals surface area contributed by atoms with Gasteiger partial charge >= 0.3 is 17.9 Å². The van der Waals surface area contributed by atoms with Crippen LogP contribution in [0.5, 0.6) is 0 Å². The van der Waals surface area contributed by atoms with Gasteiger partial charge < -0.3 is 14.2 Å². The summed E-state index contributed by atoms with van der Waals surface area (Å²) in [4.78, 5) is 38.1. The third-order valence-electron chi connectivity index (χ3n) is 12.1. The van der Waals surface area contributed by atoms with Crippen LogP contribution in [-0.2, 0) is 28.6 Å². The van der Waals surface area contributed by atoms with Crippen LogP contribution in [-0.4, -0.2) is 37.2 Å². The second-order valence-electron chi connectivity index (χ2n) is 18.5. The van der Waals surface area contributed by atoms with Crippen molar-refractivity contribution in [1.82, 2.24) is 0 Å². The van der Waals surface area contributed by atoms with E-state index in [9.17, 15) is 14.4 Å². The van der Waals surface area contributed by atoms with Gasteiger partial charge in [-0.3, -0.25) is 14.4 Å². The zero-order chi connectivity index (χ0) is 46.5. The van der Waals surface area contributed by atoms with E-state index in [2.05, 4.69) is 69.4 Å². The van der Waals surface area contributed by atoms with Gasteiger partial charge in [0.25, 0.3) is 0 Å². The van der Waals surface area contributed by atoms with Crippen molar-refractivity contribution in [2.45, 2.75) is 290 Å². The molecule has 0 fully saturated rings. The highest BCUT2D eigenvalue weighted by Gasteiger charge is 2.19. The van der Waals surface area contributed by atoms with Crippen molar-refractivity contribution in [2.24, 2.45) is 0 Å². The molecule has 0 aliphatic rings. The summed E-state index contributed by atoms with van der Waals surface area (Å²) in [5.41, 5.74) is 0. The van der Waals surface area contributed by atoms with Gasteiger partial charge in [0.15, 0.2) is 6.10 Å². The quantitative estimate of drug-likeness (QED) is 0.0262. The zero-order valence-electron chi connectivity index (χ0n) is 42.6. The van der Waals surface area contributed by atoms with Crippen LogP contribution in [0.1, 0.15) is 284 Å². The second-order valence-corrected chi connectivity index (χ2v) is 18.5. The first-order chi connectivity index (χ1) is 31.5. The molecule has 6 heteroatoms. The molecule has 0 N–H and O–H groups in total. The van der Waals surface area contributed by atoms with Gasteiger partial charge in [-0.25, -0.2) is 0 Å². The number of hydrogen-bond acceptors (Lipinski definition) is 6. The summed E-state index contributed by atoms with van der Waals surface area (Å²) in [6.45, 7) is 6.58. The number of ether oxygens (including phenoxy) is 3. The lowest BCUT2D eigenvalue weighted by Gasteiger charge is -2.18. The first kappa shape index (κ1) is 61.4. The van der Waals surface area contributed by atoms with Crippen LogP contribution in [0.15, 0.2) is 48.6 Å². The van der Waals surface area contributed by atoms with Gasteiger partial charge in [-0.05, 0) is 77.0 Å². The van der Waals surface area contributed by atoms with Crippen LogP contribution in [0, 0.1) is 0 Å². The Labute approximate surface area is 397 Å². The minimum absolute atomic E-state index is 0.0826. The molecule has 0 aromatic heterocycles. The average Bonchev–Trinajstić information content (AvgIpc) is 3.29. The standard InChI is InChI=1S/C58H104O6/c1-4-7-10-13-16-19-22-25-28-30-33-36-39-42-45-48-51-57(60)63-54-55(53-62-56(59)50-47-44-41-38-35-32-27-24-21-18-15-12-9-6-3)64-58(61)52-49-46-43-40-37-34-31-29-26-23-20-17-14-11-8-5-2/h15,18-19,22,24,27-28,30,55H,4-14,16-17,20-21,23,25-26,29,31-54H2,1-3H3/b18-15-,22-19-,27-24-,30-28-. The molecule has 372 valence electrons. The smallest absolute Gasteiger partial charge is 0.306 e. The summed E-state index contributed by atoms with van der Waals surface area (Å²) in [6.07, 6.45) is 63.8. The normalized spacial score (nSPS) is 12.4. The maximum absolute atomic E-state index is 12.8. The van der Waals surface area contributed by atoms with Crippen molar-refractivity contribution in [3.63, 3.8) is 0 Å². The Morgan fingerprint density at radius 1 is 0.312 bits per heavy atom. The molecule has 0 saturated carbocycles. The highest BCUT2D eigenvalue weighted by Crippen LogP contribution is 2.16. The molecular weight excluding hydrogens is 793 g/mol. The van der Waals surface area contributed by atoms with Gasteiger partial charge in [0, 0.05) is 19.3 Å². The number of carbonyl (C=O) groups is 3. The summed E-state index contributed by atoms with van der Waals surface area (Å²) < 4.78 is 16.8. The molecule has 0 spiro atoms. The van der Waals surface area contributed by atoms with E-state index in [4.69, 9.17) is 14.2 Å². The lowest BCUT2D eigenvalue weighted by Crippen LogP contribution is -2.30. The Morgan fingerprint density at radius 3 is 0.922 bits per heavy atom. The molecule has 0 aromatic carbocycles. The highest BCUT2D eigenvalue weighted by molar-refractivity contribution is 5.71. The highest BCUT2D eigenvalue weighted by atomic mass is 16.6. The van der Waals surface area contributed by atoms with Crippen molar-refractivity contribution in [2.75, 3.05) is 13.2 Å². The van der Waals surface area contributed by atoms with Gasteiger partial charge in [-0.15, -0.1) is 0 Å². The molecule has 0 bridgehead atoms. The first-order valence-electron chi connectivity index (χ1n) is 27.6. The van der Waals surface area contributed by atoms with Crippen LogP contribution in [0.4, 0.5) is 0 Å². The van der Waals surface area contributed by atoms with Gasteiger partial charge in [0.05, 0.1) is 0 Å². The molecule has 0 aliphatic heterocycles. The molecule has 1 unspecified atom stereocenters. The van der Waals surface area contributed by atoms with E-state index < -0.39 is 6.10 Å². The predicted octanol–water partition coefficient (Wildman–Crippen LogP) is 18.3. The molecular formula is C58H104O6. The van der Waals surface area contributed by atoms with E-state index in [1.807, 2.05) is 0 Å². The molecule has 0 radical (unpaired) electrons. The molecule has 0 rings (SSSR count). The Hall–Kier alpha value is -2.63. The molecule has 0 aromatic rings. The van der Waals surface area contributed by atoms with E-state index in [0.717, 1.165) is 96.3 Å². The molecule has 64 heavy (non-hydrogen) atoms. The van der Waals surface area contributed by atoms with Gasteiger partial charge in [-0.2, -0.15) is 0 Å². The minimum Gasteiger partial charge on any atom is -0.462 e. The van der Waals surface area contributed by atoms with Crippen molar-refractivity contribution < 1.29 is 28.6 Å². The Morgan fingerprint density at radius 2 is 0.578 bits per heavy atom. The van der Waals surface area contributed by atoms with Crippen molar-refractivity contribution >= 4 is 17.9 Å². The van der Waals surface area contributed by atoms with Crippen LogP contribution < -0.4 is 0 Å². The summed E-state index contributed by atoms with van der Waals surface area (Å²) in [5.74, 6) is -0.897. The molecule has 6 nitrogen and oxygen atoms in total. The van der Waals surface area contributed by atoms with Crippen molar-refractivity contribution in [1.29, 1.82) is 0 Å². The summed E-state index contributed by atoms with van der Waals surface area (Å²) in [6, 6.07) is 0. The van der Waals surface area contributed by atoms with E-state index in [1.165, 1.54) is 148 Å². The second kappa shape index (κ2) is 53.0. The fraction of sp³-hybridized carbons (Fsp3) is 0.810. The fourth-order valence-corrected chi connectivity index (χ4v) is 7.84. The van der Waals surface area contributed by atoms with Crippen LogP contribution in [0.3, 0.4) is 0 Å². The SMILES string of the molecule is CCCC/C=C\C/C=C\CCCCCCCC(=O)OCC(COC(=O)CCCCCCC/C=C\C/C=C\CCCCCC)OC(=O)CCCCCCCCCCCCCCCCCC. The molecule has 0 heterocycles. The lowest BCUT2D eigenvalue weighted by molar-refractivity contribution is -0.167. The monoisotopic (exact) mass is 897 g/mol. The lowest BCUT2D eigenvalue weighted by atomic mass is 10.0. The average molecular weight is 897 g/mol. The third-order valence-corrected chi connectivity index (χ3v) is 12.1. The summed E-state index contributed by atoms with van der Waals surface area (Å²) in [7, 11) is 0. The van der Waals surface area contributed by atoms with Gasteiger partial charge in [0.2, 0.25) is 0 Å². The maximum Gasteiger partial charge on any atom is 0.306 e.